The molecule has 11 heteroatoms. The van der Waals surface area contributed by atoms with Crippen molar-refractivity contribution in [2.45, 2.75) is 105 Å². The molecule has 0 unspecified atom stereocenters. The number of hydrogen-bond acceptors (Lipinski definition) is 5. The Hall–Kier alpha value is -2.82. The molecule has 1 aromatic carbocycles. The molecule has 1 fully saturated rings. The van der Waals surface area contributed by atoms with Gasteiger partial charge in [0.2, 0.25) is 5.91 Å². The first-order valence-electron chi connectivity index (χ1n) is 14.9. The van der Waals surface area contributed by atoms with Crippen LogP contribution in [0.3, 0.4) is 0 Å². The van der Waals surface area contributed by atoms with Crippen molar-refractivity contribution in [3.05, 3.63) is 28.8 Å². The molecular formula is C31H47F3N4O4. The Labute approximate surface area is 247 Å². The Kier molecular flexibility index (Phi) is 10.3. The fraction of sp³-hybridized carbons (Fsp3) is 0.710. The van der Waals surface area contributed by atoms with Crippen LogP contribution in [0.15, 0.2) is 12.1 Å². The lowest BCUT2D eigenvalue weighted by Crippen LogP contribution is -2.54. The van der Waals surface area contributed by atoms with Gasteiger partial charge in [-0.15, -0.1) is 0 Å². The van der Waals surface area contributed by atoms with Gasteiger partial charge in [-0.3, -0.25) is 9.59 Å². The largest absolute Gasteiger partial charge is 0.444 e. The van der Waals surface area contributed by atoms with Gasteiger partial charge in [-0.1, -0.05) is 20.8 Å². The summed E-state index contributed by atoms with van der Waals surface area (Å²) in [5.41, 5.74) is -2.34. The Balaban J connectivity index is 2.05. The quantitative estimate of drug-likeness (QED) is 0.380. The van der Waals surface area contributed by atoms with E-state index in [-0.39, 0.29) is 25.4 Å². The first-order chi connectivity index (χ1) is 19.4. The molecule has 3 amide bonds. The molecule has 3 rings (SSSR count). The molecule has 1 N–H and O–H groups in total. The summed E-state index contributed by atoms with van der Waals surface area (Å²) in [4.78, 5) is 44.9. The number of fused-ring (bicyclic) bond motifs is 1. The van der Waals surface area contributed by atoms with E-state index in [4.69, 9.17) is 4.74 Å². The van der Waals surface area contributed by atoms with E-state index in [1.54, 1.807) is 48.5 Å². The van der Waals surface area contributed by atoms with Gasteiger partial charge in [-0.2, -0.15) is 13.2 Å². The SMILES string of the molecule is CCCNCCN1C(=O)C(C)(C)Cc2cc(C(F)(F)F)c(C(=O)N(C(C)C)[C@@H]3CCCN(C(=O)OC(C)(C)C)C3)cc21. The van der Waals surface area contributed by atoms with E-state index in [0.717, 1.165) is 19.0 Å². The van der Waals surface area contributed by atoms with E-state index < -0.39 is 52.4 Å². The van der Waals surface area contributed by atoms with Gasteiger partial charge in [0.1, 0.15) is 5.60 Å². The van der Waals surface area contributed by atoms with E-state index in [9.17, 15) is 27.6 Å². The van der Waals surface area contributed by atoms with Crippen molar-refractivity contribution in [1.29, 1.82) is 0 Å². The van der Waals surface area contributed by atoms with Crippen LogP contribution in [0.5, 0.6) is 0 Å². The van der Waals surface area contributed by atoms with Gasteiger partial charge in [-0.25, -0.2) is 4.79 Å². The second-order valence-corrected chi connectivity index (χ2v) is 13.3. The van der Waals surface area contributed by atoms with E-state index in [1.165, 1.54) is 20.8 Å². The van der Waals surface area contributed by atoms with Crippen molar-refractivity contribution in [3.63, 3.8) is 0 Å². The molecule has 0 bridgehead atoms. The average molecular weight is 597 g/mol. The van der Waals surface area contributed by atoms with Crippen molar-refractivity contribution in [1.82, 2.24) is 15.1 Å². The lowest BCUT2D eigenvalue weighted by Gasteiger charge is -2.42. The number of anilines is 1. The first kappa shape index (κ1) is 33.7. The van der Waals surface area contributed by atoms with Crippen LogP contribution in [0.4, 0.5) is 23.7 Å². The van der Waals surface area contributed by atoms with Gasteiger partial charge < -0.3 is 24.8 Å². The number of likely N-dealkylation sites (tertiary alicyclic amines) is 1. The Bertz CT molecular complexity index is 1160. The maximum atomic E-state index is 14.5. The van der Waals surface area contributed by atoms with E-state index in [1.807, 2.05) is 6.92 Å². The highest BCUT2D eigenvalue weighted by Gasteiger charge is 2.44. The van der Waals surface area contributed by atoms with Crippen molar-refractivity contribution in [3.8, 4) is 0 Å². The van der Waals surface area contributed by atoms with Crippen LogP contribution in [-0.2, 0) is 22.1 Å². The second kappa shape index (κ2) is 12.8. The summed E-state index contributed by atoms with van der Waals surface area (Å²) in [6.45, 7) is 16.4. The first-order valence-corrected chi connectivity index (χ1v) is 14.9. The minimum Gasteiger partial charge on any atom is -0.444 e. The fourth-order valence-electron chi connectivity index (χ4n) is 5.81. The summed E-state index contributed by atoms with van der Waals surface area (Å²) in [5, 5.41) is 3.25. The highest BCUT2D eigenvalue weighted by atomic mass is 19.4. The highest BCUT2D eigenvalue weighted by molar-refractivity contribution is 6.03. The molecule has 0 aliphatic carbocycles. The van der Waals surface area contributed by atoms with Crippen molar-refractivity contribution in [2.24, 2.45) is 5.41 Å². The van der Waals surface area contributed by atoms with Crippen molar-refractivity contribution >= 4 is 23.6 Å². The zero-order valence-electron chi connectivity index (χ0n) is 26.3. The monoisotopic (exact) mass is 596 g/mol. The number of rotatable bonds is 8. The molecule has 2 heterocycles. The number of piperidine rings is 1. The summed E-state index contributed by atoms with van der Waals surface area (Å²) >= 11 is 0. The van der Waals surface area contributed by atoms with Gasteiger partial charge >= 0.3 is 12.3 Å². The molecule has 0 radical (unpaired) electrons. The van der Waals surface area contributed by atoms with Crippen LogP contribution >= 0.6 is 0 Å². The number of carbonyl (C=O) groups is 3. The van der Waals surface area contributed by atoms with Crippen LogP contribution in [0, 0.1) is 5.41 Å². The Morgan fingerprint density at radius 1 is 1.17 bits per heavy atom. The number of ether oxygens (including phenoxy) is 1. The normalized spacial score (nSPS) is 19.1. The van der Waals surface area contributed by atoms with Gasteiger partial charge in [0, 0.05) is 43.3 Å². The molecule has 1 saturated heterocycles. The number of hydrogen-bond donors (Lipinski definition) is 1. The minimum absolute atomic E-state index is 0.138. The predicted octanol–water partition coefficient (Wildman–Crippen LogP) is 5.87. The number of carbonyl (C=O) groups excluding carboxylic acids is 3. The number of halogens is 3. The van der Waals surface area contributed by atoms with Crippen LogP contribution in [0.1, 0.15) is 96.1 Å². The molecule has 0 saturated carbocycles. The Morgan fingerprint density at radius 3 is 2.40 bits per heavy atom. The summed E-state index contributed by atoms with van der Waals surface area (Å²) < 4.78 is 49.1. The van der Waals surface area contributed by atoms with E-state index in [0.29, 0.717) is 37.2 Å². The topological polar surface area (TPSA) is 82.2 Å². The Morgan fingerprint density at radius 2 is 1.83 bits per heavy atom. The molecule has 0 aromatic heterocycles. The second-order valence-electron chi connectivity index (χ2n) is 13.3. The van der Waals surface area contributed by atoms with Crippen LogP contribution in [0.2, 0.25) is 0 Å². The number of nitrogens with one attached hydrogen (secondary N) is 1. The predicted molar refractivity (Wildman–Crippen MR) is 157 cm³/mol. The molecule has 236 valence electrons. The molecule has 1 aromatic rings. The summed E-state index contributed by atoms with van der Waals surface area (Å²) in [5.74, 6) is -0.954. The lowest BCUT2D eigenvalue weighted by atomic mass is 9.79. The van der Waals surface area contributed by atoms with Gasteiger partial charge in [-0.05, 0) is 84.5 Å². The molecule has 2 aliphatic rings. The third-order valence-electron chi connectivity index (χ3n) is 7.67. The number of amides is 3. The van der Waals surface area contributed by atoms with Crippen LogP contribution in [-0.4, -0.2) is 78.1 Å². The fourth-order valence-corrected chi connectivity index (χ4v) is 5.81. The van der Waals surface area contributed by atoms with Gasteiger partial charge in [0.05, 0.1) is 17.2 Å². The zero-order valence-corrected chi connectivity index (χ0v) is 26.3. The third-order valence-corrected chi connectivity index (χ3v) is 7.67. The molecule has 1 atom stereocenters. The van der Waals surface area contributed by atoms with Gasteiger partial charge in [0.15, 0.2) is 0 Å². The van der Waals surface area contributed by atoms with Crippen molar-refractivity contribution < 1.29 is 32.3 Å². The highest BCUT2D eigenvalue weighted by Crippen LogP contribution is 2.43. The van der Waals surface area contributed by atoms with E-state index >= 15 is 0 Å². The molecule has 2 aliphatic heterocycles. The van der Waals surface area contributed by atoms with E-state index in [2.05, 4.69) is 5.32 Å². The molecule has 42 heavy (non-hydrogen) atoms. The third kappa shape index (κ3) is 7.76. The zero-order chi connectivity index (χ0) is 31.6. The lowest BCUT2D eigenvalue weighted by molar-refractivity contribution is -0.138. The van der Waals surface area contributed by atoms with Crippen LogP contribution in [0.25, 0.3) is 0 Å². The number of benzene rings is 1. The minimum atomic E-state index is -4.78. The van der Waals surface area contributed by atoms with Gasteiger partial charge in [0.25, 0.3) is 5.91 Å². The number of alkyl halides is 3. The maximum Gasteiger partial charge on any atom is 0.417 e. The molecule has 8 nitrogen and oxygen atoms in total. The summed E-state index contributed by atoms with van der Waals surface area (Å²) in [6.07, 6.45) is -3.13. The van der Waals surface area contributed by atoms with Crippen molar-refractivity contribution in [2.75, 3.05) is 37.6 Å². The standard InChI is InChI=1S/C31H47F3N4O4/c1-9-12-35-13-15-37-25-17-23(24(31(32,33)34)16-21(25)18-30(7,8)27(37)40)26(39)38(20(2)3)22-11-10-14-36(19-22)28(41)42-29(4,5)6/h16-17,20,22,35H,9-15,18-19H2,1-8H3/t22-/m1/s1. The molecule has 0 spiro atoms. The summed E-state index contributed by atoms with van der Waals surface area (Å²) in [7, 11) is 0. The van der Waals surface area contributed by atoms with Crippen LogP contribution < -0.4 is 10.2 Å². The maximum absolute atomic E-state index is 14.5. The summed E-state index contributed by atoms with van der Waals surface area (Å²) in [6, 6.07) is 1.38. The smallest absolute Gasteiger partial charge is 0.417 e. The molecular weight excluding hydrogens is 549 g/mol. The average Bonchev–Trinajstić information content (AvgIpc) is 2.86. The number of nitrogens with zero attached hydrogens (tertiary/aromatic N) is 3.